The standard InChI is InChI=1S/C15H16Br2N2O2/c1-9-4-13(10(7-18-2)8-19-9)21-15-6-11(16)14(20-3)5-12(15)17/h4-6,8,18H,7H2,1-3H3. The Morgan fingerprint density at radius 2 is 1.76 bits per heavy atom. The van der Waals surface area contributed by atoms with Gasteiger partial charge in [0.05, 0.1) is 16.1 Å². The first-order chi connectivity index (χ1) is 10.0. The second-order valence-corrected chi connectivity index (χ2v) is 6.19. The van der Waals surface area contributed by atoms with Crippen LogP contribution in [0.1, 0.15) is 11.3 Å². The Morgan fingerprint density at radius 3 is 2.43 bits per heavy atom. The van der Waals surface area contributed by atoms with Crippen LogP contribution in [0.3, 0.4) is 0 Å². The number of nitrogens with zero attached hydrogens (tertiary/aromatic N) is 1. The van der Waals surface area contributed by atoms with Crippen LogP contribution in [0, 0.1) is 6.92 Å². The van der Waals surface area contributed by atoms with Crippen molar-refractivity contribution in [2.45, 2.75) is 13.5 Å². The van der Waals surface area contributed by atoms with Crippen LogP contribution in [0.5, 0.6) is 17.2 Å². The summed E-state index contributed by atoms with van der Waals surface area (Å²) in [5.41, 5.74) is 1.91. The summed E-state index contributed by atoms with van der Waals surface area (Å²) in [6.45, 7) is 2.63. The van der Waals surface area contributed by atoms with E-state index in [2.05, 4.69) is 42.2 Å². The van der Waals surface area contributed by atoms with Gasteiger partial charge in [-0.05, 0) is 58.0 Å². The number of aromatic nitrogens is 1. The van der Waals surface area contributed by atoms with Gasteiger partial charge in [-0.3, -0.25) is 4.98 Å². The van der Waals surface area contributed by atoms with E-state index in [1.807, 2.05) is 38.4 Å². The largest absolute Gasteiger partial charge is 0.496 e. The van der Waals surface area contributed by atoms with Crippen molar-refractivity contribution in [3.8, 4) is 17.2 Å². The molecule has 0 unspecified atom stereocenters. The molecule has 1 heterocycles. The van der Waals surface area contributed by atoms with Gasteiger partial charge < -0.3 is 14.8 Å². The molecule has 21 heavy (non-hydrogen) atoms. The Kier molecular flexibility index (Phi) is 5.61. The lowest BCUT2D eigenvalue weighted by atomic mass is 10.2. The minimum Gasteiger partial charge on any atom is -0.496 e. The fourth-order valence-corrected chi connectivity index (χ4v) is 2.73. The zero-order chi connectivity index (χ0) is 15.4. The molecule has 0 bridgehead atoms. The topological polar surface area (TPSA) is 43.4 Å². The first-order valence-corrected chi connectivity index (χ1v) is 7.94. The maximum Gasteiger partial charge on any atom is 0.143 e. The van der Waals surface area contributed by atoms with Crippen LogP contribution in [-0.4, -0.2) is 19.1 Å². The number of methoxy groups -OCH3 is 1. The SMILES string of the molecule is CNCc1cnc(C)cc1Oc1cc(Br)c(OC)cc1Br. The van der Waals surface area contributed by atoms with Gasteiger partial charge in [-0.25, -0.2) is 0 Å². The summed E-state index contributed by atoms with van der Waals surface area (Å²) in [6.07, 6.45) is 1.83. The molecule has 1 aromatic heterocycles. The number of benzene rings is 1. The average molecular weight is 416 g/mol. The van der Waals surface area contributed by atoms with Gasteiger partial charge >= 0.3 is 0 Å². The molecule has 1 aromatic carbocycles. The maximum atomic E-state index is 6.04. The highest BCUT2D eigenvalue weighted by Gasteiger charge is 2.12. The van der Waals surface area contributed by atoms with Crippen LogP contribution in [0.25, 0.3) is 0 Å². The van der Waals surface area contributed by atoms with Crippen LogP contribution in [0.15, 0.2) is 33.3 Å². The molecule has 0 amide bonds. The average Bonchev–Trinajstić information content (AvgIpc) is 2.45. The smallest absolute Gasteiger partial charge is 0.143 e. The third-order valence-electron chi connectivity index (χ3n) is 2.87. The van der Waals surface area contributed by atoms with Gasteiger partial charge in [-0.1, -0.05) is 0 Å². The lowest BCUT2D eigenvalue weighted by Gasteiger charge is -2.14. The van der Waals surface area contributed by atoms with Gasteiger partial charge in [0.1, 0.15) is 17.2 Å². The van der Waals surface area contributed by atoms with Gasteiger partial charge in [0.2, 0.25) is 0 Å². The van der Waals surface area contributed by atoms with Crippen molar-refractivity contribution in [1.82, 2.24) is 10.3 Å². The summed E-state index contributed by atoms with van der Waals surface area (Å²) >= 11 is 6.97. The van der Waals surface area contributed by atoms with Crippen molar-refractivity contribution in [2.24, 2.45) is 0 Å². The molecule has 1 N–H and O–H groups in total. The summed E-state index contributed by atoms with van der Waals surface area (Å²) < 4.78 is 13.0. The number of ether oxygens (including phenoxy) is 2. The highest BCUT2D eigenvalue weighted by molar-refractivity contribution is 9.11. The molecule has 4 nitrogen and oxygen atoms in total. The van der Waals surface area contributed by atoms with E-state index in [1.54, 1.807) is 7.11 Å². The van der Waals surface area contributed by atoms with Crippen LogP contribution in [-0.2, 0) is 6.54 Å². The van der Waals surface area contributed by atoms with Crippen molar-refractivity contribution in [2.75, 3.05) is 14.2 Å². The second kappa shape index (κ2) is 7.24. The molecule has 0 radical (unpaired) electrons. The van der Waals surface area contributed by atoms with Crippen molar-refractivity contribution in [3.63, 3.8) is 0 Å². The lowest BCUT2D eigenvalue weighted by Crippen LogP contribution is -2.07. The normalized spacial score (nSPS) is 10.5. The Bertz CT molecular complexity index is 648. The van der Waals surface area contributed by atoms with Crippen LogP contribution >= 0.6 is 31.9 Å². The van der Waals surface area contributed by atoms with E-state index in [1.165, 1.54) is 0 Å². The van der Waals surface area contributed by atoms with Gasteiger partial charge in [0, 0.05) is 30.1 Å². The number of hydrogen-bond acceptors (Lipinski definition) is 4. The van der Waals surface area contributed by atoms with E-state index >= 15 is 0 Å². The molecule has 0 fully saturated rings. The molecule has 2 aromatic rings. The van der Waals surface area contributed by atoms with Crippen LogP contribution in [0.2, 0.25) is 0 Å². The maximum absolute atomic E-state index is 6.04. The van der Waals surface area contributed by atoms with E-state index in [4.69, 9.17) is 9.47 Å². The van der Waals surface area contributed by atoms with Crippen molar-refractivity contribution >= 4 is 31.9 Å². The molecule has 0 saturated heterocycles. The number of halogens is 2. The minimum absolute atomic E-state index is 0.692. The number of pyridine rings is 1. The summed E-state index contributed by atoms with van der Waals surface area (Å²) in [6, 6.07) is 5.67. The summed E-state index contributed by atoms with van der Waals surface area (Å²) in [5, 5.41) is 3.11. The highest BCUT2D eigenvalue weighted by atomic mass is 79.9. The Hall–Kier alpha value is -1.11. The first kappa shape index (κ1) is 16.3. The molecule has 0 aliphatic carbocycles. The number of aryl methyl sites for hydroxylation is 1. The quantitative estimate of drug-likeness (QED) is 0.784. The molecule has 112 valence electrons. The second-order valence-electron chi connectivity index (χ2n) is 4.48. The number of hydrogen-bond donors (Lipinski definition) is 1. The zero-order valence-electron chi connectivity index (χ0n) is 12.0. The minimum atomic E-state index is 0.692. The Labute approximate surface area is 141 Å². The van der Waals surface area contributed by atoms with E-state index in [0.717, 1.165) is 31.7 Å². The van der Waals surface area contributed by atoms with Crippen LogP contribution < -0.4 is 14.8 Å². The monoisotopic (exact) mass is 414 g/mol. The van der Waals surface area contributed by atoms with E-state index in [-0.39, 0.29) is 0 Å². The number of nitrogens with one attached hydrogen (secondary N) is 1. The fourth-order valence-electron chi connectivity index (χ4n) is 1.84. The predicted octanol–water partition coefficient (Wildman–Crippen LogP) is 4.44. The van der Waals surface area contributed by atoms with E-state index in [0.29, 0.717) is 12.3 Å². The van der Waals surface area contributed by atoms with E-state index < -0.39 is 0 Å². The zero-order valence-corrected chi connectivity index (χ0v) is 15.2. The molecule has 2 rings (SSSR count). The molecular formula is C15H16Br2N2O2. The first-order valence-electron chi connectivity index (χ1n) is 6.36. The third kappa shape index (κ3) is 3.96. The Morgan fingerprint density at radius 1 is 1.10 bits per heavy atom. The third-order valence-corrected chi connectivity index (χ3v) is 4.11. The van der Waals surface area contributed by atoms with Crippen molar-refractivity contribution in [3.05, 3.63) is 44.6 Å². The van der Waals surface area contributed by atoms with Gasteiger partial charge in [-0.2, -0.15) is 0 Å². The predicted molar refractivity (Wildman–Crippen MR) is 90.2 cm³/mol. The van der Waals surface area contributed by atoms with E-state index in [9.17, 15) is 0 Å². The molecule has 0 saturated carbocycles. The van der Waals surface area contributed by atoms with Crippen molar-refractivity contribution < 1.29 is 9.47 Å². The molecule has 0 aliphatic rings. The van der Waals surface area contributed by atoms with Gasteiger partial charge in [-0.15, -0.1) is 0 Å². The summed E-state index contributed by atoms with van der Waals surface area (Å²) in [5.74, 6) is 2.25. The lowest BCUT2D eigenvalue weighted by molar-refractivity contribution is 0.409. The molecule has 0 aliphatic heterocycles. The van der Waals surface area contributed by atoms with Gasteiger partial charge in [0.25, 0.3) is 0 Å². The highest BCUT2D eigenvalue weighted by Crippen LogP contribution is 2.38. The van der Waals surface area contributed by atoms with Crippen LogP contribution in [0.4, 0.5) is 0 Å². The number of rotatable bonds is 5. The van der Waals surface area contributed by atoms with Crippen molar-refractivity contribution in [1.29, 1.82) is 0 Å². The van der Waals surface area contributed by atoms with Gasteiger partial charge in [0.15, 0.2) is 0 Å². The molecular weight excluding hydrogens is 400 g/mol. The summed E-state index contributed by atoms with van der Waals surface area (Å²) in [7, 11) is 3.52. The molecule has 6 heteroatoms. The summed E-state index contributed by atoms with van der Waals surface area (Å²) in [4.78, 5) is 4.31. The molecule has 0 spiro atoms. The molecule has 0 atom stereocenters. The Balaban J connectivity index is 2.38. The fraction of sp³-hybridized carbons (Fsp3) is 0.267.